The number of benzene rings is 1. The molecule has 1 aromatic heterocycles. The highest BCUT2D eigenvalue weighted by atomic mass is 14.9. The van der Waals surface area contributed by atoms with Crippen molar-refractivity contribution in [3.05, 3.63) is 54.2 Å². The molecule has 1 heterocycles. The molecule has 4 rings (SSSR count). The highest BCUT2D eigenvalue weighted by Crippen LogP contribution is 2.42. The number of aromatic nitrogens is 1. The van der Waals surface area contributed by atoms with Crippen molar-refractivity contribution in [1.29, 1.82) is 0 Å². The molecule has 102 valence electrons. The first-order valence-electron chi connectivity index (χ1n) is 7.62. The first-order chi connectivity index (χ1) is 9.90. The molecule has 0 aliphatic heterocycles. The summed E-state index contributed by atoms with van der Waals surface area (Å²) in [5.41, 5.74) is 2.44. The van der Waals surface area contributed by atoms with Crippen LogP contribution in [0.5, 0.6) is 0 Å². The monoisotopic (exact) mass is 264 g/mol. The molecule has 2 nitrogen and oxygen atoms in total. The fourth-order valence-corrected chi connectivity index (χ4v) is 3.83. The van der Waals surface area contributed by atoms with E-state index in [1.807, 2.05) is 12.3 Å². The first-order valence-corrected chi connectivity index (χ1v) is 7.62. The molecule has 1 aromatic carbocycles. The Morgan fingerprint density at radius 3 is 2.90 bits per heavy atom. The zero-order valence-electron chi connectivity index (χ0n) is 11.6. The van der Waals surface area contributed by atoms with Crippen LogP contribution in [0.15, 0.2) is 48.7 Å². The van der Waals surface area contributed by atoms with Gasteiger partial charge < -0.3 is 5.32 Å². The number of pyridine rings is 1. The Morgan fingerprint density at radius 1 is 1.10 bits per heavy atom. The largest absolute Gasteiger partial charge is 0.312 e. The van der Waals surface area contributed by atoms with Crippen molar-refractivity contribution in [2.24, 2.45) is 17.8 Å². The second kappa shape index (κ2) is 5.02. The third-order valence-corrected chi connectivity index (χ3v) is 4.85. The molecule has 1 N–H and O–H groups in total. The van der Waals surface area contributed by atoms with Gasteiger partial charge in [0.05, 0.1) is 5.52 Å². The van der Waals surface area contributed by atoms with Gasteiger partial charge >= 0.3 is 0 Å². The van der Waals surface area contributed by atoms with Crippen molar-refractivity contribution in [3.8, 4) is 0 Å². The molecule has 0 amide bonds. The maximum Gasteiger partial charge on any atom is 0.0746 e. The van der Waals surface area contributed by atoms with E-state index in [1.165, 1.54) is 23.8 Å². The number of rotatable bonds is 4. The van der Waals surface area contributed by atoms with Crippen LogP contribution in [0.2, 0.25) is 0 Å². The van der Waals surface area contributed by atoms with Gasteiger partial charge in [0.2, 0.25) is 0 Å². The molecule has 1 saturated carbocycles. The van der Waals surface area contributed by atoms with Crippen LogP contribution in [-0.2, 0) is 6.54 Å². The summed E-state index contributed by atoms with van der Waals surface area (Å²) in [6.07, 6.45) is 9.49. The summed E-state index contributed by atoms with van der Waals surface area (Å²) in [6.45, 7) is 2.06. The number of para-hydroxylation sites is 1. The average Bonchev–Trinajstić information content (AvgIpc) is 3.10. The van der Waals surface area contributed by atoms with Gasteiger partial charge in [0.1, 0.15) is 0 Å². The molecule has 0 saturated heterocycles. The zero-order valence-corrected chi connectivity index (χ0v) is 11.6. The van der Waals surface area contributed by atoms with Crippen LogP contribution in [0.1, 0.15) is 18.4 Å². The van der Waals surface area contributed by atoms with Gasteiger partial charge in [-0.15, -0.1) is 0 Å². The number of hydrogen-bond acceptors (Lipinski definition) is 2. The van der Waals surface area contributed by atoms with Crippen LogP contribution in [0.3, 0.4) is 0 Å². The SMILES string of the molecule is C1=CC2CC1CC2CNCc1cccc2cccnc12. The maximum atomic E-state index is 4.52. The van der Waals surface area contributed by atoms with Gasteiger partial charge in [-0.25, -0.2) is 0 Å². The first kappa shape index (κ1) is 12.1. The molecular formula is C18H20N2. The van der Waals surface area contributed by atoms with Crippen molar-refractivity contribution >= 4 is 10.9 Å². The average molecular weight is 264 g/mol. The summed E-state index contributed by atoms with van der Waals surface area (Å²) in [7, 11) is 0. The molecule has 0 spiro atoms. The fraction of sp³-hybridized carbons (Fsp3) is 0.389. The standard InChI is InChI=1S/C18H20N2/c1-3-14-5-2-8-20-18(14)16(4-1)11-19-12-17-10-13-6-7-15(17)9-13/h1-8,13,15,17,19H,9-12H2. The normalized spacial score (nSPS) is 27.5. The Morgan fingerprint density at radius 2 is 2.05 bits per heavy atom. The number of hydrogen-bond donors (Lipinski definition) is 1. The van der Waals surface area contributed by atoms with Crippen LogP contribution in [-0.4, -0.2) is 11.5 Å². The number of fused-ring (bicyclic) bond motifs is 3. The topological polar surface area (TPSA) is 24.9 Å². The van der Waals surface area contributed by atoms with Gasteiger partial charge in [0, 0.05) is 18.1 Å². The van der Waals surface area contributed by atoms with Gasteiger partial charge in [0.25, 0.3) is 0 Å². The summed E-state index contributed by atoms with van der Waals surface area (Å²) in [5.74, 6) is 2.54. The van der Waals surface area contributed by atoms with E-state index in [0.29, 0.717) is 0 Å². The summed E-state index contributed by atoms with van der Waals surface area (Å²) >= 11 is 0. The molecule has 2 heteroatoms. The van der Waals surface area contributed by atoms with Gasteiger partial charge in [-0.2, -0.15) is 0 Å². The molecule has 1 fully saturated rings. The smallest absolute Gasteiger partial charge is 0.0746 e. The Hall–Kier alpha value is -1.67. The van der Waals surface area contributed by atoms with E-state index in [9.17, 15) is 0 Å². The van der Waals surface area contributed by atoms with Crippen LogP contribution >= 0.6 is 0 Å². The predicted octanol–water partition coefficient (Wildman–Crippen LogP) is 3.54. The van der Waals surface area contributed by atoms with E-state index < -0.39 is 0 Å². The molecule has 2 aliphatic carbocycles. The van der Waals surface area contributed by atoms with Crippen molar-refractivity contribution in [2.45, 2.75) is 19.4 Å². The summed E-state index contributed by atoms with van der Waals surface area (Å²) in [6, 6.07) is 10.6. The van der Waals surface area contributed by atoms with Crippen molar-refractivity contribution < 1.29 is 0 Å². The molecule has 0 radical (unpaired) electrons. The lowest BCUT2D eigenvalue weighted by atomic mass is 9.93. The highest BCUT2D eigenvalue weighted by molar-refractivity contribution is 5.81. The van der Waals surface area contributed by atoms with Crippen LogP contribution < -0.4 is 5.32 Å². The molecule has 2 aliphatic rings. The Labute approximate surface area is 119 Å². The molecule has 20 heavy (non-hydrogen) atoms. The Kier molecular flexibility index (Phi) is 3.04. The Balaban J connectivity index is 1.42. The van der Waals surface area contributed by atoms with E-state index in [0.717, 1.165) is 36.4 Å². The molecule has 2 bridgehead atoms. The van der Waals surface area contributed by atoms with Crippen LogP contribution in [0, 0.1) is 17.8 Å². The molecule has 3 atom stereocenters. The minimum absolute atomic E-state index is 0.832. The number of nitrogens with one attached hydrogen (secondary N) is 1. The third-order valence-electron chi connectivity index (χ3n) is 4.85. The summed E-state index contributed by atoms with van der Waals surface area (Å²) in [5, 5.41) is 4.88. The van der Waals surface area contributed by atoms with Crippen LogP contribution in [0.4, 0.5) is 0 Å². The van der Waals surface area contributed by atoms with Crippen molar-refractivity contribution in [2.75, 3.05) is 6.54 Å². The Bertz CT molecular complexity index is 641. The van der Waals surface area contributed by atoms with E-state index in [-0.39, 0.29) is 0 Å². The van der Waals surface area contributed by atoms with E-state index in [4.69, 9.17) is 0 Å². The lowest BCUT2D eigenvalue weighted by molar-refractivity contribution is 0.414. The van der Waals surface area contributed by atoms with Crippen molar-refractivity contribution in [3.63, 3.8) is 0 Å². The van der Waals surface area contributed by atoms with E-state index >= 15 is 0 Å². The zero-order chi connectivity index (χ0) is 13.4. The fourth-order valence-electron chi connectivity index (χ4n) is 3.83. The molecular weight excluding hydrogens is 244 g/mol. The van der Waals surface area contributed by atoms with Gasteiger partial charge in [0.15, 0.2) is 0 Å². The third kappa shape index (κ3) is 2.14. The summed E-state index contributed by atoms with van der Waals surface area (Å²) in [4.78, 5) is 4.52. The minimum atomic E-state index is 0.832. The number of nitrogens with zero attached hydrogens (tertiary/aromatic N) is 1. The number of allylic oxidation sites excluding steroid dienone is 2. The van der Waals surface area contributed by atoms with E-state index in [2.05, 4.69) is 46.7 Å². The minimum Gasteiger partial charge on any atom is -0.312 e. The highest BCUT2D eigenvalue weighted by Gasteiger charge is 2.34. The quantitative estimate of drug-likeness (QED) is 0.854. The van der Waals surface area contributed by atoms with Crippen LogP contribution in [0.25, 0.3) is 10.9 Å². The summed E-state index contributed by atoms with van der Waals surface area (Å²) < 4.78 is 0. The van der Waals surface area contributed by atoms with Gasteiger partial charge in [-0.1, -0.05) is 36.4 Å². The lowest BCUT2D eigenvalue weighted by Gasteiger charge is -2.18. The maximum absolute atomic E-state index is 4.52. The molecule has 2 aromatic rings. The molecule has 3 unspecified atom stereocenters. The second-order valence-corrected chi connectivity index (χ2v) is 6.16. The van der Waals surface area contributed by atoms with E-state index in [1.54, 1.807) is 0 Å². The lowest BCUT2D eigenvalue weighted by Crippen LogP contribution is -2.25. The van der Waals surface area contributed by atoms with Gasteiger partial charge in [-0.05, 0) is 48.8 Å². The second-order valence-electron chi connectivity index (χ2n) is 6.16. The predicted molar refractivity (Wildman–Crippen MR) is 82.3 cm³/mol. The van der Waals surface area contributed by atoms with Gasteiger partial charge in [-0.3, -0.25) is 4.98 Å². The van der Waals surface area contributed by atoms with Crippen molar-refractivity contribution in [1.82, 2.24) is 10.3 Å².